The molecule has 1 heterocycles. The number of hydrogen-bond donors (Lipinski definition) is 2. The van der Waals surface area contributed by atoms with Gasteiger partial charge in [-0.3, -0.25) is 9.59 Å². The van der Waals surface area contributed by atoms with Crippen molar-refractivity contribution in [3.05, 3.63) is 71.8 Å². The lowest BCUT2D eigenvalue weighted by Crippen LogP contribution is -2.49. The third kappa shape index (κ3) is 4.57. The van der Waals surface area contributed by atoms with Crippen LogP contribution in [0.15, 0.2) is 60.7 Å². The molecular formula is C21H22N2O2. The molecule has 2 aromatic carbocycles. The molecule has 0 radical (unpaired) electrons. The summed E-state index contributed by atoms with van der Waals surface area (Å²) in [5, 5.41) is 5.91. The summed E-state index contributed by atoms with van der Waals surface area (Å²) >= 11 is 0. The average molecular weight is 334 g/mol. The smallest absolute Gasteiger partial charge is 0.252 e. The lowest BCUT2D eigenvalue weighted by Gasteiger charge is -2.28. The van der Waals surface area contributed by atoms with Crippen molar-refractivity contribution in [2.45, 2.75) is 31.8 Å². The van der Waals surface area contributed by atoms with Crippen LogP contribution in [-0.4, -0.2) is 23.9 Å². The number of rotatable bonds is 4. The first-order chi connectivity index (χ1) is 12.1. The van der Waals surface area contributed by atoms with Crippen LogP contribution in [0.25, 0.3) is 11.6 Å². The third-order valence-electron chi connectivity index (χ3n) is 4.25. The van der Waals surface area contributed by atoms with Gasteiger partial charge in [-0.2, -0.15) is 0 Å². The maximum absolute atomic E-state index is 12.9. The van der Waals surface area contributed by atoms with Gasteiger partial charge in [-0.25, -0.2) is 0 Å². The normalized spacial score (nSPS) is 20.7. The van der Waals surface area contributed by atoms with Gasteiger partial charge in [0.15, 0.2) is 0 Å². The van der Waals surface area contributed by atoms with Crippen LogP contribution in [0.3, 0.4) is 0 Å². The maximum atomic E-state index is 12.9. The number of nitrogens with one attached hydrogen (secondary N) is 2. The Balaban J connectivity index is 1.85. The van der Waals surface area contributed by atoms with E-state index in [4.69, 9.17) is 0 Å². The first kappa shape index (κ1) is 17.0. The van der Waals surface area contributed by atoms with Crippen molar-refractivity contribution >= 4 is 23.5 Å². The molecule has 4 heteroatoms. The van der Waals surface area contributed by atoms with Gasteiger partial charge < -0.3 is 10.6 Å². The van der Waals surface area contributed by atoms with E-state index in [1.807, 2.05) is 73.7 Å². The zero-order chi connectivity index (χ0) is 17.6. The molecule has 0 spiro atoms. The lowest BCUT2D eigenvalue weighted by molar-refractivity contribution is -0.124. The van der Waals surface area contributed by atoms with Crippen LogP contribution >= 0.6 is 0 Å². The molecule has 3 rings (SSSR count). The molecule has 2 atom stereocenters. The van der Waals surface area contributed by atoms with Crippen LogP contribution in [0, 0.1) is 0 Å². The fourth-order valence-corrected chi connectivity index (χ4v) is 3.11. The largest absolute Gasteiger partial charge is 0.354 e. The molecule has 2 unspecified atom stereocenters. The van der Waals surface area contributed by atoms with Crippen molar-refractivity contribution in [2.75, 3.05) is 0 Å². The summed E-state index contributed by atoms with van der Waals surface area (Å²) in [6, 6.07) is 19.3. The van der Waals surface area contributed by atoms with Crippen LogP contribution in [0.4, 0.5) is 0 Å². The Bertz CT molecular complexity index is 769. The zero-order valence-corrected chi connectivity index (χ0v) is 14.2. The van der Waals surface area contributed by atoms with Gasteiger partial charge >= 0.3 is 0 Å². The topological polar surface area (TPSA) is 58.2 Å². The summed E-state index contributed by atoms with van der Waals surface area (Å²) in [6.07, 6.45) is 2.95. The zero-order valence-electron chi connectivity index (χ0n) is 14.2. The summed E-state index contributed by atoms with van der Waals surface area (Å²) < 4.78 is 0. The van der Waals surface area contributed by atoms with E-state index in [0.29, 0.717) is 12.0 Å². The highest BCUT2D eigenvalue weighted by molar-refractivity contribution is 6.24. The van der Waals surface area contributed by atoms with Crippen molar-refractivity contribution in [1.82, 2.24) is 10.6 Å². The van der Waals surface area contributed by atoms with Crippen molar-refractivity contribution in [3.63, 3.8) is 0 Å². The van der Waals surface area contributed by atoms with E-state index in [9.17, 15) is 9.59 Å². The first-order valence-corrected chi connectivity index (χ1v) is 8.54. The fraction of sp³-hybridized carbons (Fsp3) is 0.238. The quantitative estimate of drug-likeness (QED) is 0.667. The Labute approximate surface area is 148 Å². The highest BCUT2D eigenvalue weighted by Gasteiger charge is 2.26. The second-order valence-corrected chi connectivity index (χ2v) is 6.41. The van der Waals surface area contributed by atoms with Crippen molar-refractivity contribution in [2.24, 2.45) is 0 Å². The average Bonchev–Trinajstić information content (AvgIpc) is 2.60. The van der Waals surface area contributed by atoms with E-state index in [-0.39, 0.29) is 23.9 Å². The molecule has 2 aromatic rings. The van der Waals surface area contributed by atoms with Gasteiger partial charge in [-0.05, 0) is 30.5 Å². The number of benzene rings is 2. The Morgan fingerprint density at radius 2 is 1.72 bits per heavy atom. The minimum atomic E-state index is -0.151. The number of carbonyl (C=O) groups excluding carboxylic acids is 2. The molecular weight excluding hydrogens is 312 g/mol. The maximum Gasteiger partial charge on any atom is 0.252 e. The summed E-state index contributed by atoms with van der Waals surface area (Å²) in [5.41, 5.74) is 2.42. The van der Waals surface area contributed by atoms with Crippen LogP contribution in [-0.2, 0) is 9.59 Å². The first-order valence-electron chi connectivity index (χ1n) is 8.54. The van der Waals surface area contributed by atoms with E-state index >= 15 is 0 Å². The van der Waals surface area contributed by atoms with Crippen molar-refractivity contribution in [1.29, 1.82) is 0 Å². The summed E-state index contributed by atoms with van der Waals surface area (Å²) in [7, 11) is 0. The number of amides is 2. The summed E-state index contributed by atoms with van der Waals surface area (Å²) in [5.74, 6) is -0.167. The summed E-state index contributed by atoms with van der Waals surface area (Å²) in [6.45, 7) is 1.95. The van der Waals surface area contributed by atoms with E-state index in [2.05, 4.69) is 10.6 Å². The molecule has 1 saturated heterocycles. The van der Waals surface area contributed by atoms with Crippen LogP contribution in [0.1, 0.15) is 30.9 Å². The minimum Gasteiger partial charge on any atom is -0.354 e. The molecule has 0 bridgehead atoms. The van der Waals surface area contributed by atoms with Gasteiger partial charge in [0.25, 0.3) is 5.91 Å². The van der Waals surface area contributed by atoms with Crippen molar-refractivity contribution in [3.8, 4) is 0 Å². The number of piperidine rings is 1. The van der Waals surface area contributed by atoms with E-state index in [1.165, 1.54) is 0 Å². The number of carbonyl (C=O) groups is 2. The molecule has 2 N–H and O–H groups in total. The third-order valence-corrected chi connectivity index (χ3v) is 4.25. The molecule has 25 heavy (non-hydrogen) atoms. The lowest BCUT2D eigenvalue weighted by atomic mass is 9.97. The summed E-state index contributed by atoms with van der Waals surface area (Å²) in [4.78, 5) is 24.6. The molecule has 2 amide bonds. The Kier molecular flexibility index (Phi) is 5.29. The SMILES string of the molecule is CC1CC(NC(=O)C(=Cc2ccccc2)c2ccccc2)CC(=O)N1. The van der Waals surface area contributed by atoms with Crippen molar-refractivity contribution < 1.29 is 9.59 Å². The molecule has 0 aromatic heterocycles. The standard InChI is InChI=1S/C21H22N2O2/c1-15-12-18(14-20(24)22-15)23-21(25)19(17-10-6-3-7-11-17)13-16-8-4-2-5-9-16/h2-11,13,15,18H,12,14H2,1H3,(H,22,24)(H,23,25). The Morgan fingerprint density at radius 1 is 1.08 bits per heavy atom. The predicted molar refractivity (Wildman–Crippen MR) is 99.5 cm³/mol. The predicted octanol–water partition coefficient (Wildman–Crippen LogP) is 3.01. The van der Waals surface area contributed by atoms with Crippen LogP contribution < -0.4 is 10.6 Å². The molecule has 1 aliphatic rings. The van der Waals surface area contributed by atoms with E-state index < -0.39 is 0 Å². The molecule has 128 valence electrons. The monoisotopic (exact) mass is 334 g/mol. The molecule has 0 aliphatic carbocycles. The van der Waals surface area contributed by atoms with Gasteiger partial charge in [0, 0.05) is 24.1 Å². The van der Waals surface area contributed by atoms with Crippen LogP contribution in [0.5, 0.6) is 0 Å². The van der Waals surface area contributed by atoms with E-state index in [0.717, 1.165) is 17.5 Å². The highest BCUT2D eigenvalue weighted by Crippen LogP contribution is 2.20. The van der Waals surface area contributed by atoms with Gasteiger partial charge in [-0.1, -0.05) is 60.7 Å². The molecule has 1 fully saturated rings. The van der Waals surface area contributed by atoms with E-state index in [1.54, 1.807) is 0 Å². The second-order valence-electron chi connectivity index (χ2n) is 6.41. The fourth-order valence-electron chi connectivity index (χ4n) is 3.11. The van der Waals surface area contributed by atoms with Gasteiger partial charge in [0.05, 0.1) is 0 Å². The Hall–Kier alpha value is -2.88. The van der Waals surface area contributed by atoms with Crippen LogP contribution in [0.2, 0.25) is 0 Å². The molecule has 1 aliphatic heterocycles. The highest BCUT2D eigenvalue weighted by atomic mass is 16.2. The number of hydrogen-bond acceptors (Lipinski definition) is 2. The Morgan fingerprint density at radius 3 is 2.36 bits per heavy atom. The molecule has 0 saturated carbocycles. The van der Waals surface area contributed by atoms with Gasteiger partial charge in [-0.15, -0.1) is 0 Å². The van der Waals surface area contributed by atoms with Gasteiger partial charge in [0.1, 0.15) is 0 Å². The molecule has 4 nitrogen and oxygen atoms in total. The van der Waals surface area contributed by atoms with Gasteiger partial charge in [0.2, 0.25) is 5.91 Å². The minimum absolute atomic E-state index is 0.0163. The second kappa shape index (κ2) is 7.79.